The quantitative estimate of drug-likeness (QED) is 0.829. The lowest BCUT2D eigenvalue weighted by atomic mass is 10.2. The molecule has 0 spiro atoms. The van der Waals surface area contributed by atoms with Crippen molar-refractivity contribution in [3.63, 3.8) is 0 Å². The minimum atomic E-state index is -1.02. The van der Waals surface area contributed by atoms with E-state index in [2.05, 4.69) is 0 Å². The number of rotatable bonds is 7. The molecule has 116 valence electrons. The zero-order valence-corrected chi connectivity index (χ0v) is 12.2. The highest BCUT2D eigenvalue weighted by Gasteiger charge is 2.19. The predicted octanol–water partition coefficient (Wildman–Crippen LogP) is 1.97. The summed E-state index contributed by atoms with van der Waals surface area (Å²) in [5.41, 5.74) is 0.131. The summed E-state index contributed by atoms with van der Waals surface area (Å²) in [6.07, 6.45) is 0.577. The second-order valence-electron chi connectivity index (χ2n) is 4.99. The molecule has 0 amide bonds. The Balaban J connectivity index is 2.14. The van der Waals surface area contributed by atoms with E-state index in [1.807, 2.05) is 6.92 Å². The van der Waals surface area contributed by atoms with Crippen molar-refractivity contribution in [1.29, 1.82) is 0 Å². The van der Waals surface area contributed by atoms with Gasteiger partial charge >= 0.3 is 5.97 Å². The fourth-order valence-corrected chi connectivity index (χ4v) is 2.13. The van der Waals surface area contributed by atoms with Gasteiger partial charge in [-0.2, -0.15) is 0 Å². The van der Waals surface area contributed by atoms with Crippen molar-refractivity contribution in [3.8, 4) is 11.5 Å². The Bertz CT molecular complexity index is 481. The van der Waals surface area contributed by atoms with Gasteiger partial charge in [0.2, 0.25) is 0 Å². The second-order valence-corrected chi connectivity index (χ2v) is 4.99. The molecule has 0 aromatic heterocycles. The minimum Gasteiger partial charge on any atom is -0.488 e. The summed E-state index contributed by atoms with van der Waals surface area (Å²) >= 11 is 0. The fraction of sp³-hybridized carbons (Fsp3) is 0.533. The number of carboxylic acid groups (broad SMARTS) is 1. The predicted molar refractivity (Wildman–Crippen MR) is 75.2 cm³/mol. The monoisotopic (exact) mass is 296 g/mol. The molecule has 1 saturated heterocycles. The van der Waals surface area contributed by atoms with Gasteiger partial charge in [-0.15, -0.1) is 0 Å². The highest BCUT2D eigenvalue weighted by atomic mass is 16.5. The Morgan fingerprint density at radius 3 is 2.81 bits per heavy atom. The molecule has 0 aliphatic carbocycles. The first-order valence-corrected chi connectivity index (χ1v) is 6.87. The first-order valence-electron chi connectivity index (χ1n) is 6.87. The van der Waals surface area contributed by atoms with Gasteiger partial charge in [-0.25, -0.2) is 4.79 Å². The van der Waals surface area contributed by atoms with E-state index in [-0.39, 0.29) is 17.8 Å². The van der Waals surface area contributed by atoms with Crippen LogP contribution in [-0.4, -0.2) is 50.2 Å². The molecule has 1 aromatic rings. The molecule has 6 nitrogen and oxygen atoms in total. The van der Waals surface area contributed by atoms with Crippen LogP contribution in [0.2, 0.25) is 0 Å². The second kappa shape index (κ2) is 7.28. The maximum atomic E-state index is 11.2. The van der Waals surface area contributed by atoms with Crippen molar-refractivity contribution < 1.29 is 28.8 Å². The van der Waals surface area contributed by atoms with Crippen molar-refractivity contribution in [2.24, 2.45) is 0 Å². The standard InChI is InChI=1S/C15H20O6/c1-10(8-18-2)20-13-5-11(15(16)17)6-14(7-13)21-12-3-4-19-9-12/h5-7,10,12H,3-4,8-9H2,1-2H3,(H,16,17)/t10-,12+/m0/s1. The van der Waals surface area contributed by atoms with Crippen LogP contribution in [0.3, 0.4) is 0 Å². The molecule has 1 aliphatic heterocycles. The average molecular weight is 296 g/mol. The number of aromatic carboxylic acids is 1. The molecule has 0 saturated carbocycles. The smallest absolute Gasteiger partial charge is 0.335 e. The molecule has 1 fully saturated rings. The van der Waals surface area contributed by atoms with Crippen LogP contribution in [0.15, 0.2) is 18.2 Å². The summed E-state index contributed by atoms with van der Waals surface area (Å²) in [5.74, 6) is -0.0919. The van der Waals surface area contributed by atoms with E-state index < -0.39 is 5.97 Å². The SMILES string of the molecule is COC[C@H](C)Oc1cc(O[C@@H]2CCOC2)cc(C(=O)O)c1. The molecule has 0 unspecified atom stereocenters. The van der Waals surface area contributed by atoms with Gasteiger partial charge in [0.15, 0.2) is 0 Å². The normalized spacial score (nSPS) is 19.2. The van der Waals surface area contributed by atoms with Crippen LogP contribution in [0.4, 0.5) is 0 Å². The lowest BCUT2D eigenvalue weighted by molar-refractivity contribution is 0.0692. The molecule has 0 bridgehead atoms. The summed E-state index contributed by atoms with van der Waals surface area (Å²) in [5, 5.41) is 9.17. The van der Waals surface area contributed by atoms with E-state index in [9.17, 15) is 9.90 Å². The number of hydrogen-bond donors (Lipinski definition) is 1. The first-order chi connectivity index (χ1) is 10.1. The highest BCUT2D eigenvalue weighted by Crippen LogP contribution is 2.26. The number of methoxy groups -OCH3 is 1. The molecule has 0 radical (unpaired) electrons. The maximum absolute atomic E-state index is 11.2. The number of carboxylic acids is 1. The lowest BCUT2D eigenvalue weighted by Crippen LogP contribution is -2.19. The first kappa shape index (κ1) is 15.6. The van der Waals surface area contributed by atoms with E-state index in [1.165, 1.54) is 12.1 Å². The van der Waals surface area contributed by atoms with Gasteiger partial charge in [-0.3, -0.25) is 0 Å². The Kier molecular flexibility index (Phi) is 5.41. The third-order valence-corrected chi connectivity index (χ3v) is 3.06. The van der Waals surface area contributed by atoms with Gasteiger partial charge in [0, 0.05) is 19.6 Å². The van der Waals surface area contributed by atoms with E-state index in [0.717, 1.165) is 6.42 Å². The highest BCUT2D eigenvalue weighted by molar-refractivity contribution is 5.88. The third-order valence-electron chi connectivity index (χ3n) is 3.06. The summed E-state index contributed by atoms with van der Waals surface area (Å²) < 4.78 is 21.6. The molecule has 2 rings (SSSR count). The van der Waals surface area contributed by atoms with E-state index in [0.29, 0.717) is 31.3 Å². The molecule has 1 aliphatic rings. The molecule has 1 heterocycles. The van der Waals surface area contributed by atoms with Gasteiger partial charge in [0.1, 0.15) is 23.7 Å². The van der Waals surface area contributed by atoms with Gasteiger partial charge in [0.25, 0.3) is 0 Å². The molecule has 2 atom stereocenters. The Hall–Kier alpha value is -1.79. The van der Waals surface area contributed by atoms with Crippen LogP contribution in [0.25, 0.3) is 0 Å². The lowest BCUT2D eigenvalue weighted by Gasteiger charge is -2.17. The molecular formula is C15H20O6. The van der Waals surface area contributed by atoms with Crippen LogP contribution < -0.4 is 9.47 Å². The van der Waals surface area contributed by atoms with Crippen LogP contribution >= 0.6 is 0 Å². The summed E-state index contributed by atoms with van der Waals surface area (Å²) in [7, 11) is 1.59. The Morgan fingerprint density at radius 2 is 2.19 bits per heavy atom. The van der Waals surface area contributed by atoms with Crippen LogP contribution in [0.5, 0.6) is 11.5 Å². The number of benzene rings is 1. The number of hydrogen-bond acceptors (Lipinski definition) is 5. The van der Waals surface area contributed by atoms with Crippen molar-refractivity contribution in [1.82, 2.24) is 0 Å². The third kappa shape index (κ3) is 4.61. The van der Waals surface area contributed by atoms with Crippen LogP contribution in [-0.2, 0) is 9.47 Å². The van der Waals surface area contributed by atoms with Gasteiger partial charge in [-0.05, 0) is 19.1 Å². The summed E-state index contributed by atoms with van der Waals surface area (Å²) in [4.78, 5) is 11.2. The van der Waals surface area contributed by atoms with Crippen LogP contribution in [0, 0.1) is 0 Å². The topological polar surface area (TPSA) is 74.2 Å². The molecule has 6 heteroatoms. The van der Waals surface area contributed by atoms with E-state index in [4.69, 9.17) is 18.9 Å². The molecule has 21 heavy (non-hydrogen) atoms. The van der Waals surface area contributed by atoms with Crippen LogP contribution in [0.1, 0.15) is 23.7 Å². The van der Waals surface area contributed by atoms with Gasteiger partial charge < -0.3 is 24.1 Å². The van der Waals surface area contributed by atoms with Gasteiger partial charge in [0.05, 0.1) is 25.4 Å². The minimum absolute atomic E-state index is 0.0432. The van der Waals surface area contributed by atoms with Crippen molar-refractivity contribution in [3.05, 3.63) is 23.8 Å². The van der Waals surface area contributed by atoms with E-state index in [1.54, 1.807) is 13.2 Å². The largest absolute Gasteiger partial charge is 0.488 e. The average Bonchev–Trinajstić information content (AvgIpc) is 2.91. The van der Waals surface area contributed by atoms with Crippen molar-refractivity contribution in [2.45, 2.75) is 25.6 Å². The molecule has 1 aromatic carbocycles. The number of carbonyl (C=O) groups is 1. The van der Waals surface area contributed by atoms with Gasteiger partial charge in [-0.1, -0.05) is 0 Å². The zero-order chi connectivity index (χ0) is 15.2. The Labute approximate surface area is 123 Å². The Morgan fingerprint density at radius 1 is 1.43 bits per heavy atom. The van der Waals surface area contributed by atoms with Crippen molar-refractivity contribution >= 4 is 5.97 Å². The maximum Gasteiger partial charge on any atom is 0.335 e. The fourth-order valence-electron chi connectivity index (χ4n) is 2.13. The van der Waals surface area contributed by atoms with Crippen molar-refractivity contribution in [2.75, 3.05) is 26.9 Å². The van der Waals surface area contributed by atoms with E-state index >= 15 is 0 Å². The zero-order valence-electron chi connectivity index (χ0n) is 12.2. The number of ether oxygens (including phenoxy) is 4. The molecular weight excluding hydrogens is 276 g/mol. The molecule has 1 N–H and O–H groups in total. The summed E-state index contributed by atoms with van der Waals surface area (Å²) in [6, 6.07) is 4.66. The summed E-state index contributed by atoms with van der Waals surface area (Å²) in [6.45, 7) is 3.46.